The van der Waals surface area contributed by atoms with Crippen molar-refractivity contribution in [2.75, 3.05) is 31.6 Å². The normalized spacial score (nSPS) is 18.2. The largest absolute Gasteiger partial charge is 0.473 e. The van der Waals surface area contributed by atoms with E-state index in [-0.39, 0.29) is 5.78 Å². The predicted octanol–water partition coefficient (Wildman–Crippen LogP) is 0.957. The Morgan fingerprint density at radius 2 is 1.96 bits per heavy atom. The summed E-state index contributed by atoms with van der Waals surface area (Å²) in [5.41, 5.74) is 1.92. The summed E-state index contributed by atoms with van der Waals surface area (Å²) in [6, 6.07) is 5.95. The van der Waals surface area contributed by atoms with Crippen molar-refractivity contribution >= 4 is 41.0 Å². The second-order valence-electron chi connectivity index (χ2n) is 5.53. The molecule has 1 atom stereocenters. The highest BCUT2D eigenvalue weighted by Crippen LogP contribution is 2.38. The number of fused-ring (bicyclic) bond motifs is 1. The standard InChI is InChI=1S/C14H17N3OS.C2H2O4/c1-9(18)10-3-4-12-11(7-10)17(2)8-13(19-12)14-15-5-6-16-14;3-1(4)2(5)6/h3-4,7,13H,5-6,8H2,1-2H3,(H,15,16);(H,3,4)(H,5,6). The molecule has 0 fully saturated rings. The molecular weight excluding hydrogens is 346 g/mol. The van der Waals surface area contributed by atoms with Gasteiger partial charge in [0, 0.05) is 30.6 Å². The van der Waals surface area contributed by atoms with Crippen LogP contribution in [0.4, 0.5) is 5.69 Å². The summed E-state index contributed by atoms with van der Waals surface area (Å²) >= 11 is 1.83. The van der Waals surface area contributed by atoms with Crippen LogP contribution < -0.4 is 10.2 Å². The molecule has 9 heteroatoms. The van der Waals surface area contributed by atoms with Gasteiger partial charge in [-0.2, -0.15) is 0 Å². The van der Waals surface area contributed by atoms with Gasteiger partial charge in [0.2, 0.25) is 0 Å². The molecule has 8 nitrogen and oxygen atoms in total. The Bertz CT molecular complexity index is 722. The van der Waals surface area contributed by atoms with Crippen LogP contribution in [0.1, 0.15) is 17.3 Å². The first-order valence-electron chi connectivity index (χ1n) is 7.56. The van der Waals surface area contributed by atoms with Gasteiger partial charge in [0.15, 0.2) is 5.78 Å². The van der Waals surface area contributed by atoms with Crippen molar-refractivity contribution in [3.05, 3.63) is 23.8 Å². The number of nitrogens with zero attached hydrogens (tertiary/aromatic N) is 2. The van der Waals surface area contributed by atoms with Crippen LogP contribution in [0.15, 0.2) is 28.1 Å². The number of amidine groups is 1. The van der Waals surface area contributed by atoms with E-state index in [0.717, 1.165) is 36.7 Å². The number of aliphatic carboxylic acids is 2. The molecule has 1 aromatic carbocycles. The van der Waals surface area contributed by atoms with Gasteiger partial charge < -0.3 is 20.4 Å². The Morgan fingerprint density at radius 3 is 2.48 bits per heavy atom. The first-order chi connectivity index (χ1) is 11.8. The number of carboxylic acid groups (broad SMARTS) is 2. The summed E-state index contributed by atoms with van der Waals surface area (Å²) in [5.74, 6) is -2.42. The smallest absolute Gasteiger partial charge is 0.414 e. The highest BCUT2D eigenvalue weighted by atomic mass is 32.2. The molecule has 1 unspecified atom stereocenters. The van der Waals surface area contributed by atoms with Crippen LogP contribution >= 0.6 is 11.8 Å². The maximum Gasteiger partial charge on any atom is 0.414 e. The Morgan fingerprint density at radius 1 is 1.28 bits per heavy atom. The van der Waals surface area contributed by atoms with Crippen molar-refractivity contribution in [3.8, 4) is 0 Å². The van der Waals surface area contributed by atoms with Gasteiger partial charge in [0.05, 0.1) is 17.5 Å². The molecule has 2 aliphatic heterocycles. The van der Waals surface area contributed by atoms with E-state index in [9.17, 15) is 4.79 Å². The number of hydrogen-bond acceptors (Lipinski definition) is 7. The van der Waals surface area contributed by atoms with E-state index < -0.39 is 11.9 Å². The van der Waals surface area contributed by atoms with E-state index in [0.29, 0.717) is 5.25 Å². The van der Waals surface area contributed by atoms with Crippen molar-refractivity contribution in [1.82, 2.24) is 5.32 Å². The number of carbonyl (C=O) groups is 3. The predicted molar refractivity (Wildman–Crippen MR) is 94.9 cm³/mol. The van der Waals surface area contributed by atoms with Crippen LogP contribution in [0.3, 0.4) is 0 Å². The SMILES string of the molecule is CC(=O)c1ccc2c(c1)N(C)CC(C1=NCCN1)S2.O=C(O)C(=O)O. The Balaban J connectivity index is 0.000000326. The summed E-state index contributed by atoms with van der Waals surface area (Å²) in [6.07, 6.45) is 0. The van der Waals surface area contributed by atoms with E-state index in [1.165, 1.54) is 4.90 Å². The molecule has 2 aliphatic rings. The van der Waals surface area contributed by atoms with E-state index in [1.807, 2.05) is 23.9 Å². The second kappa shape index (κ2) is 8.02. The van der Waals surface area contributed by atoms with Crippen LogP contribution in [0.2, 0.25) is 0 Å². The van der Waals surface area contributed by atoms with Crippen LogP contribution in [0.25, 0.3) is 0 Å². The zero-order valence-corrected chi connectivity index (χ0v) is 14.7. The summed E-state index contributed by atoms with van der Waals surface area (Å²) in [6.45, 7) is 4.36. The lowest BCUT2D eigenvalue weighted by Gasteiger charge is -2.33. The molecule has 0 spiro atoms. The molecular formula is C16H19N3O5S. The van der Waals surface area contributed by atoms with Crippen molar-refractivity contribution in [2.45, 2.75) is 17.1 Å². The fourth-order valence-corrected chi connectivity index (χ4v) is 3.80. The van der Waals surface area contributed by atoms with E-state index in [1.54, 1.807) is 6.92 Å². The lowest BCUT2D eigenvalue weighted by atomic mass is 10.1. The molecule has 0 radical (unpaired) electrons. The molecule has 25 heavy (non-hydrogen) atoms. The Labute approximate surface area is 148 Å². The quantitative estimate of drug-likeness (QED) is 0.524. The molecule has 0 aliphatic carbocycles. The number of ketones is 1. The number of benzene rings is 1. The fraction of sp³-hybridized carbons (Fsp3) is 0.375. The number of carbonyl (C=O) groups excluding carboxylic acids is 1. The minimum atomic E-state index is -1.82. The number of thioether (sulfide) groups is 1. The maximum atomic E-state index is 11.5. The molecule has 0 aromatic heterocycles. The molecule has 134 valence electrons. The van der Waals surface area contributed by atoms with Gasteiger partial charge in [0.25, 0.3) is 0 Å². The molecule has 2 heterocycles. The van der Waals surface area contributed by atoms with Gasteiger partial charge in [-0.05, 0) is 19.1 Å². The molecule has 0 bridgehead atoms. The number of nitrogens with one attached hydrogen (secondary N) is 1. The van der Waals surface area contributed by atoms with Gasteiger partial charge in [0.1, 0.15) is 5.84 Å². The molecule has 0 amide bonds. The van der Waals surface area contributed by atoms with Gasteiger partial charge in [-0.3, -0.25) is 9.79 Å². The minimum Gasteiger partial charge on any atom is -0.473 e. The number of anilines is 1. The zero-order chi connectivity index (χ0) is 18.6. The first kappa shape index (κ1) is 18.8. The van der Waals surface area contributed by atoms with Crippen molar-refractivity contribution < 1.29 is 24.6 Å². The lowest BCUT2D eigenvalue weighted by Crippen LogP contribution is -2.40. The average molecular weight is 365 g/mol. The van der Waals surface area contributed by atoms with Crippen LogP contribution in [-0.4, -0.2) is 65.7 Å². The van der Waals surface area contributed by atoms with Crippen LogP contribution in [-0.2, 0) is 9.59 Å². The van der Waals surface area contributed by atoms with Crippen molar-refractivity contribution in [1.29, 1.82) is 0 Å². The van der Waals surface area contributed by atoms with Crippen molar-refractivity contribution in [2.24, 2.45) is 4.99 Å². The molecule has 3 N–H and O–H groups in total. The summed E-state index contributed by atoms with van der Waals surface area (Å²) < 4.78 is 0. The van der Waals surface area contributed by atoms with E-state index in [2.05, 4.69) is 28.3 Å². The van der Waals surface area contributed by atoms with Gasteiger partial charge >= 0.3 is 11.9 Å². The second-order valence-corrected chi connectivity index (χ2v) is 6.77. The molecule has 0 saturated carbocycles. The highest BCUT2D eigenvalue weighted by molar-refractivity contribution is 8.01. The van der Waals surface area contributed by atoms with E-state index >= 15 is 0 Å². The topological polar surface area (TPSA) is 119 Å². The summed E-state index contributed by atoms with van der Waals surface area (Å²) in [4.78, 5) is 37.6. The fourth-order valence-electron chi connectivity index (χ4n) is 2.45. The number of hydrogen-bond donors (Lipinski definition) is 3. The maximum absolute atomic E-state index is 11.5. The van der Waals surface area contributed by atoms with Crippen LogP contribution in [0.5, 0.6) is 0 Å². The third-order valence-corrected chi connectivity index (χ3v) is 4.93. The highest BCUT2D eigenvalue weighted by Gasteiger charge is 2.28. The van der Waals surface area contributed by atoms with E-state index in [4.69, 9.17) is 19.8 Å². The minimum absolute atomic E-state index is 0.116. The Hall–Kier alpha value is -2.55. The monoisotopic (exact) mass is 365 g/mol. The first-order valence-corrected chi connectivity index (χ1v) is 8.44. The molecule has 1 aromatic rings. The number of rotatable bonds is 2. The summed E-state index contributed by atoms with van der Waals surface area (Å²) in [5, 5.41) is 18.5. The lowest BCUT2D eigenvalue weighted by molar-refractivity contribution is -0.159. The van der Waals surface area contributed by atoms with Gasteiger partial charge in [-0.1, -0.05) is 6.07 Å². The van der Waals surface area contributed by atoms with Crippen LogP contribution in [0, 0.1) is 0 Å². The average Bonchev–Trinajstić information content (AvgIpc) is 3.09. The molecule has 0 saturated heterocycles. The third-order valence-electron chi connectivity index (χ3n) is 3.67. The van der Waals surface area contributed by atoms with Crippen molar-refractivity contribution in [3.63, 3.8) is 0 Å². The van der Waals surface area contributed by atoms with Gasteiger partial charge in [-0.25, -0.2) is 9.59 Å². The number of Topliss-reactive ketones (excluding diaryl/α,β-unsaturated/α-hetero) is 1. The number of carboxylic acids is 2. The summed E-state index contributed by atoms with van der Waals surface area (Å²) in [7, 11) is 2.07. The number of aliphatic imine (C=N–C) groups is 1. The molecule has 3 rings (SSSR count). The van der Waals surface area contributed by atoms with Gasteiger partial charge in [-0.15, -0.1) is 11.8 Å². The zero-order valence-electron chi connectivity index (χ0n) is 13.9. The Kier molecular flexibility index (Phi) is 6.02. The third kappa shape index (κ3) is 4.72.